The Morgan fingerprint density at radius 3 is 2.52 bits per heavy atom. The molecular formula is C29H29Cl2N3O7S. The molecule has 2 aromatic carbocycles. The number of amides is 2. The van der Waals surface area contributed by atoms with Gasteiger partial charge in [0, 0.05) is 44.9 Å². The number of nitrogens with one attached hydrogen (secondary N) is 1. The first-order valence-electron chi connectivity index (χ1n) is 13.3. The molecule has 0 radical (unpaired) electrons. The first-order valence-corrected chi connectivity index (χ1v) is 15.0. The third kappa shape index (κ3) is 5.63. The summed E-state index contributed by atoms with van der Waals surface area (Å²) in [5.41, 5.74) is 1.02. The molecule has 0 saturated carbocycles. The number of carbonyl (C=O) groups is 4. The van der Waals surface area contributed by atoms with Gasteiger partial charge in [0.05, 0.1) is 29.7 Å². The van der Waals surface area contributed by atoms with Crippen LogP contribution < -0.4 is 5.32 Å². The molecule has 222 valence electrons. The quantitative estimate of drug-likeness (QED) is 0.299. The van der Waals surface area contributed by atoms with Gasteiger partial charge in [-0.15, -0.1) is 11.8 Å². The summed E-state index contributed by atoms with van der Waals surface area (Å²) in [6.07, 6.45) is -0.549. The molecule has 6 atom stereocenters. The zero-order chi connectivity index (χ0) is 30.5. The van der Waals surface area contributed by atoms with E-state index in [0.29, 0.717) is 40.1 Å². The van der Waals surface area contributed by atoms with Gasteiger partial charge in [0.25, 0.3) is 0 Å². The molecule has 3 heterocycles. The van der Waals surface area contributed by atoms with Crippen molar-refractivity contribution in [1.29, 1.82) is 0 Å². The normalized spacial score (nSPS) is 26.2. The van der Waals surface area contributed by atoms with Gasteiger partial charge in [0.2, 0.25) is 11.8 Å². The van der Waals surface area contributed by atoms with E-state index in [1.54, 1.807) is 30.3 Å². The van der Waals surface area contributed by atoms with Crippen molar-refractivity contribution in [3.05, 3.63) is 74.2 Å². The Hall–Kier alpha value is -3.09. The molecule has 2 fully saturated rings. The summed E-state index contributed by atoms with van der Waals surface area (Å²) in [6, 6.07) is 9.95. The zero-order valence-electron chi connectivity index (χ0n) is 22.7. The van der Waals surface area contributed by atoms with Crippen LogP contribution in [0.15, 0.2) is 53.1 Å². The molecule has 3 aliphatic rings. The standard InChI is InChI=1S/C29H29Cl2N3O7S/c1-13-23-22(14(2)35)27(37)34(23)24(29(40)41)25(13)42-19-10-21(26(36)32-18-5-3-4-15(9-18)28(38)39)33(12-19)11-16-8-17(30)6-7-20(16)31/h3-9,13-14,19,21-23,35H,10-12H2,1-2H3,(H,32,36)(H,38,39)(H,40,41)/t13-,14-,19+,21+,22-,23-/m1/s1. The van der Waals surface area contributed by atoms with E-state index in [0.717, 1.165) is 5.56 Å². The average molecular weight is 635 g/mol. The summed E-state index contributed by atoms with van der Waals surface area (Å²) in [7, 11) is 0. The second-order valence-corrected chi connectivity index (χ2v) is 13.0. The Morgan fingerprint density at radius 1 is 1.12 bits per heavy atom. The van der Waals surface area contributed by atoms with Gasteiger partial charge in [0.15, 0.2) is 0 Å². The molecular weight excluding hydrogens is 605 g/mol. The number of hydrogen-bond acceptors (Lipinski definition) is 7. The number of β-lactam (4-membered cyclic amide) rings is 1. The molecule has 0 aliphatic carbocycles. The summed E-state index contributed by atoms with van der Waals surface area (Å²) >= 11 is 14.0. The number of aliphatic carboxylic acids is 1. The third-order valence-corrected chi connectivity index (χ3v) is 10.1. The van der Waals surface area contributed by atoms with Crippen LogP contribution in [0.2, 0.25) is 10.0 Å². The van der Waals surface area contributed by atoms with Crippen molar-refractivity contribution >= 4 is 64.4 Å². The van der Waals surface area contributed by atoms with Crippen LogP contribution in [0.4, 0.5) is 5.69 Å². The lowest BCUT2D eigenvalue weighted by atomic mass is 9.79. The van der Waals surface area contributed by atoms with Crippen molar-refractivity contribution in [2.45, 2.75) is 50.3 Å². The molecule has 0 unspecified atom stereocenters. The van der Waals surface area contributed by atoms with E-state index >= 15 is 0 Å². The highest BCUT2D eigenvalue weighted by Crippen LogP contribution is 2.52. The fourth-order valence-corrected chi connectivity index (χ4v) is 8.02. The molecule has 2 amide bonds. The highest BCUT2D eigenvalue weighted by molar-refractivity contribution is 8.03. The van der Waals surface area contributed by atoms with Crippen LogP contribution in [0.1, 0.15) is 36.2 Å². The van der Waals surface area contributed by atoms with Crippen LogP contribution in [0.5, 0.6) is 0 Å². The van der Waals surface area contributed by atoms with Gasteiger partial charge in [-0.1, -0.05) is 36.2 Å². The number of halogens is 2. The number of hydrogen-bond donors (Lipinski definition) is 4. The molecule has 13 heteroatoms. The average Bonchev–Trinajstić information content (AvgIpc) is 3.42. The van der Waals surface area contributed by atoms with Crippen molar-refractivity contribution in [2.75, 3.05) is 11.9 Å². The lowest BCUT2D eigenvalue weighted by Crippen LogP contribution is -2.63. The second-order valence-electron chi connectivity index (χ2n) is 10.8. The predicted octanol–water partition coefficient (Wildman–Crippen LogP) is 4.16. The molecule has 5 rings (SSSR count). The molecule has 3 aliphatic heterocycles. The molecule has 42 heavy (non-hydrogen) atoms. The summed E-state index contributed by atoms with van der Waals surface area (Å²) < 4.78 is 0. The molecule has 10 nitrogen and oxygen atoms in total. The molecule has 2 aromatic rings. The maximum absolute atomic E-state index is 13.6. The Labute approximate surface area is 256 Å². The van der Waals surface area contributed by atoms with Crippen LogP contribution in [-0.4, -0.2) is 78.9 Å². The number of aliphatic hydroxyl groups is 1. The van der Waals surface area contributed by atoms with Crippen molar-refractivity contribution in [1.82, 2.24) is 9.80 Å². The Balaban J connectivity index is 1.41. The maximum Gasteiger partial charge on any atom is 0.353 e. The highest BCUT2D eigenvalue weighted by Gasteiger charge is 2.60. The first kappa shape index (κ1) is 30.4. The first-order chi connectivity index (χ1) is 19.9. The van der Waals surface area contributed by atoms with E-state index in [1.165, 1.54) is 35.7 Å². The van der Waals surface area contributed by atoms with Crippen LogP contribution in [0.25, 0.3) is 0 Å². The van der Waals surface area contributed by atoms with Crippen LogP contribution in [0.3, 0.4) is 0 Å². The number of carbonyl (C=O) groups excluding carboxylic acids is 2. The molecule has 0 bridgehead atoms. The number of likely N-dealkylation sites (tertiary alicyclic amines) is 1. The van der Waals surface area contributed by atoms with Gasteiger partial charge in [0.1, 0.15) is 5.70 Å². The number of anilines is 1. The Bertz CT molecular complexity index is 1500. The molecule has 0 spiro atoms. The van der Waals surface area contributed by atoms with Gasteiger partial charge in [-0.25, -0.2) is 9.59 Å². The summed E-state index contributed by atoms with van der Waals surface area (Å²) in [5, 5.41) is 33.1. The number of benzene rings is 2. The van der Waals surface area contributed by atoms with Crippen LogP contribution in [0, 0.1) is 11.8 Å². The monoisotopic (exact) mass is 633 g/mol. The van der Waals surface area contributed by atoms with E-state index in [2.05, 4.69) is 5.32 Å². The van der Waals surface area contributed by atoms with Crippen molar-refractivity contribution < 1.29 is 34.5 Å². The lowest BCUT2D eigenvalue weighted by Gasteiger charge is -2.46. The number of thioether (sulfide) groups is 1. The summed E-state index contributed by atoms with van der Waals surface area (Å²) in [6.45, 7) is 4.09. The number of aromatic carboxylic acids is 1. The van der Waals surface area contributed by atoms with E-state index in [1.807, 2.05) is 11.8 Å². The van der Waals surface area contributed by atoms with Gasteiger partial charge in [-0.3, -0.25) is 14.5 Å². The van der Waals surface area contributed by atoms with Gasteiger partial charge < -0.3 is 25.5 Å². The van der Waals surface area contributed by atoms with E-state index in [9.17, 15) is 34.5 Å². The van der Waals surface area contributed by atoms with E-state index < -0.39 is 42.0 Å². The zero-order valence-corrected chi connectivity index (χ0v) is 25.0. The number of nitrogens with zero attached hydrogens (tertiary/aromatic N) is 2. The van der Waals surface area contributed by atoms with Gasteiger partial charge in [-0.2, -0.15) is 0 Å². The number of carboxylic acids is 2. The molecule has 4 N–H and O–H groups in total. The Morgan fingerprint density at radius 2 is 1.86 bits per heavy atom. The largest absolute Gasteiger partial charge is 0.478 e. The molecule has 0 aromatic heterocycles. The Kier molecular flexibility index (Phi) is 8.60. The maximum atomic E-state index is 13.6. The summed E-state index contributed by atoms with van der Waals surface area (Å²) in [4.78, 5) is 53.8. The predicted molar refractivity (Wildman–Crippen MR) is 158 cm³/mol. The summed E-state index contributed by atoms with van der Waals surface area (Å²) in [5.74, 6) is -4.05. The van der Waals surface area contributed by atoms with Crippen molar-refractivity contribution in [3.63, 3.8) is 0 Å². The van der Waals surface area contributed by atoms with Gasteiger partial charge in [-0.05, 0) is 55.3 Å². The SMILES string of the molecule is C[C@@H](O)[C@H]1C(=O)N2C(C(=O)O)=C(S[C@H]3C[C@@H](C(=O)Nc4cccc(C(=O)O)c4)N(Cc4cc(Cl)ccc4Cl)C3)[C@H](C)[C@H]12. The van der Waals surface area contributed by atoms with Crippen LogP contribution in [-0.2, 0) is 20.9 Å². The number of carboxylic acid groups (broad SMARTS) is 2. The minimum atomic E-state index is -1.21. The fraction of sp³-hybridized carbons (Fsp3) is 0.379. The minimum Gasteiger partial charge on any atom is -0.478 e. The van der Waals surface area contributed by atoms with E-state index in [-0.39, 0.29) is 28.3 Å². The second kappa shape index (κ2) is 11.9. The fourth-order valence-electron chi connectivity index (χ4n) is 6.09. The topological polar surface area (TPSA) is 147 Å². The minimum absolute atomic E-state index is 0.0354. The lowest BCUT2D eigenvalue weighted by molar-refractivity contribution is -0.163. The molecule has 2 saturated heterocycles. The smallest absolute Gasteiger partial charge is 0.353 e. The third-order valence-electron chi connectivity index (χ3n) is 8.03. The number of fused-ring (bicyclic) bond motifs is 1. The highest BCUT2D eigenvalue weighted by atomic mass is 35.5. The van der Waals surface area contributed by atoms with Crippen molar-refractivity contribution in [3.8, 4) is 0 Å². The van der Waals surface area contributed by atoms with Gasteiger partial charge >= 0.3 is 11.9 Å². The van der Waals surface area contributed by atoms with E-state index in [4.69, 9.17) is 23.2 Å². The number of aliphatic hydroxyl groups excluding tert-OH is 1. The van der Waals surface area contributed by atoms with Crippen LogP contribution >= 0.6 is 35.0 Å². The van der Waals surface area contributed by atoms with Crippen molar-refractivity contribution in [2.24, 2.45) is 11.8 Å². The number of rotatable bonds is 9.